The van der Waals surface area contributed by atoms with Crippen LogP contribution in [0.4, 0.5) is 8.78 Å². The SMILES string of the molecule is Fc1ccc2ccc(F)cc2c1. The van der Waals surface area contributed by atoms with E-state index in [-0.39, 0.29) is 11.6 Å². The summed E-state index contributed by atoms with van der Waals surface area (Å²) in [5, 5.41) is 1.44. The highest BCUT2D eigenvalue weighted by atomic mass is 19.1. The molecule has 0 bridgehead atoms. The van der Waals surface area contributed by atoms with Crippen molar-refractivity contribution >= 4 is 10.8 Å². The smallest absolute Gasteiger partial charge is 0.123 e. The summed E-state index contributed by atoms with van der Waals surface area (Å²) in [5.74, 6) is -0.679. The number of hydrogen-bond acceptors (Lipinski definition) is 0. The molecule has 0 amide bonds. The molecule has 0 radical (unpaired) electrons. The first-order valence-corrected chi connectivity index (χ1v) is 3.60. The van der Waals surface area contributed by atoms with Crippen molar-refractivity contribution in [1.29, 1.82) is 0 Å². The fourth-order valence-corrected chi connectivity index (χ4v) is 1.19. The molecule has 0 aromatic heterocycles. The van der Waals surface area contributed by atoms with Gasteiger partial charge in [-0.05, 0) is 35.0 Å². The van der Waals surface area contributed by atoms with Crippen molar-refractivity contribution in [3.8, 4) is 0 Å². The zero-order chi connectivity index (χ0) is 8.55. The van der Waals surface area contributed by atoms with Gasteiger partial charge in [0.05, 0.1) is 0 Å². The maximum Gasteiger partial charge on any atom is 0.123 e. The first-order chi connectivity index (χ1) is 5.75. The Labute approximate surface area is 68.4 Å². The standard InChI is InChI=1S/C10H6F2/c11-9-3-1-7-2-4-10(12)6-8(7)5-9/h1-6H. The fourth-order valence-electron chi connectivity index (χ4n) is 1.19. The molecule has 2 aromatic carbocycles. The minimum absolute atomic E-state index is 0.340. The van der Waals surface area contributed by atoms with Crippen LogP contribution in [-0.4, -0.2) is 0 Å². The predicted molar refractivity (Wildman–Crippen MR) is 43.9 cm³/mol. The second-order valence-corrected chi connectivity index (χ2v) is 2.64. The van der Waals surface area contributed by atoms with Crippen LogP contribution >= 0.6 is 0 Å². The Kier molecular flexibility index (Phi) is 1.54. The van der Waals surface area contributed by atoms with Crippen molar-refractivity contribution in [2.45, 2.75) is 0 Å². The summed E-state index contributed by atoms with van der Waals surface area (Å²) >= 11 is 0. The minimum atomic E-state index is -0.340. The van der Waals surface area contributed by atoms with E-state index >= 15 is 0 Å². The molecule has 0 aliphatic carbocycles. The highest BCUT2D eigenvalue weighted by Crippen LogP contribution is 2.16. The monoisotopic (exact) mass is 164 g/mol. The quantitative estimate of drug-likeness (QED) is 0.561. The van der Waals surface area contributed by atoms with Crippen LogP contribution in [0.2, 0.25) is 0 Å². The van der Waals surface area contributed by atoms with Gasteiger partial charge in [-0.3, -0.25) is 0 Å². The van der Waals surface area contributed by atoms with Gasteiger partial charge >= 0.3 is 0 Å². The highest BCUT2D eigenvalue weighted by Gasteiger charge is 1.96. The lowest BCUT2D eigenvalue weighted by Gasteiger charge is -1.96. The van der Waals surface area contributed by atoms with Gasteiger partial charge in [0.15, 0.2) is 0 Å². The van der Waals surface area contributed by atoms with Gasteiger partial charge in [0.1, 0.15) is 11.6 Å². The van der Waals surface area contributed by atoms with E-state index in [1.807, 2.05) is 0 Å². The van der Waals surface area contributed by atoms with Crippen LogP contribution in [-0.2, 0) is 0 Å². The van der Waals surface area contributed by atoms with Crippen LogP contribution in [0.15, 0.2) is 36.4 Å². The van der Waals surface area contributed by atoms with Gasteiger partial charge in [-0.25, -0.2) is 8.78 Å². The molecule has 0 N–H and O–H groups in total. The molecule has 0 fully saturated rings. The zero-order valence-corrected chi connectivity index (χ0v) is 6.22. The molecule has 0 aliphatic heterocycles. The fraction of sp³-hybridized carbons (Fsp3) is 0. The Morgan fingerprint density at radius 1 is 0.667 bits per heavy atom. The number of benzene rings is 2. The van der Waals surface area contributed by atoms with Crippen molar-refractivity contribution in [2.75, 3.05) is 0 Å². The number of halogens is 2. The van der Waals surface area contributed by atoms with E-state index < -0.39 is 0 Å². The van der Waals surface area contributed by atoms with E-state index in [4.69, 9.17) is 0 Å². The topological polar surface area (TPSA) is 0 Å². The molecule has 0 saturated carbocycles. The van der Waals surface area contributed by atoms with Crippen molar-refractivity contribution in [3.63, 3.8) is 0 Å². The Morgan fingerprint density at radius 2 is 1.17 bits per heavy atom. The normalized spacial score (nSPS) is 10.5. The lowest BCUT2D eigenvalue weighted by molar-refractivity contribution is 0.626. The molecule has 60 valence electrons. The summed E-state index contributed by atoms with van der Waals surface area (Å²) in [6.07, 6.45) is 0. The molecule has 12 heavy (non-hydrogen) atoms. The molecule has 0 spiro atoms. The van der Waals surface area contributed by atoms with Gasteiger partial charge in [0.25, 0.3) is 0 Å². The number of hydrogen-bond donors (Lipinski definition) is 0. The average Bonchev–Trinajstić information content (AvgIpc) is 2.03. The Morgan fingerprint density at radius 3 is 1.67 bits per heavy atom. The third-order valence-corrected chi connectivity index (χ3v) is 1.76. The van der Waals surface area contributed by atoms with Crippen molar-refractivity contribution in [2.24, 2.45) is 0 Å². The van der Waals surface area contributed by atoms with E-state index in [1.165, 1.54) is 24.3 Å². The van der Waals surface area contributed by atoms with Crippen LogP contribution in [0.3, 0.4) is 0 Å². The van der Waals surface area contributed by atoms with E-state index in [0.29, 0.717) is 5.39 Å². The van der Waals surface area contributed by atoms with Gasteiger partial charge < -0.3 is 0 Å². The van der Waals surface area contributed by atoms with Crippen LogP contribution < -0.4 is 0 Å². The van der Waals surface area contributed by atoms with Crippen molar-refractivity contribution < 1.29 is 8.78 Å². The molecule has 0 unspecified atom stereocenters. The summed E-state index contributed by atoms with van der Waals surface area (Å²) in [5.41, 5.74) is 0. The molecule has 0 atom stereocenters. The molecule has 2 heteroatoms. The third kappa shape index (κ3) is 1.16. The van der Waals surface area contributed by atoms with E-state index in [9.17, 15) is 8.78 Å². The summed E-state index contributed by atoms with van der Waals surface area (Å²) in [7, 11) is 0. The molecule has 0 aliphatic rings. The zero-order valence-electron chi connectivity index (χ0n) is 6.22. The second kappa shape index (κ2) is 2.55. The molecular weight excluding hydrogens is 158 g/mol. The highest BCUT2D eigenvalue weighted by molar-refractivity contribution is 5.82. The lowest BCUT2D eigenvalue weighted by atomic mass is 10.1. The van der Waals surface area contributed by atoms with Crippen LogP contribution in [0, 0.1) is 11.6 Å². The van der Waals surface area contributed by atoms with Crippen LogP contribution in [0.25, 0.3) is 10.8 Å². The Bertz CT molecular complexity index is 384. The van der Waals surface area contributed by atoms with Crippen molar-refractivity contribution in [1.82, 2.24) is 0 Å². The van der Waals surface area contributed by atoms with E-state index in [1.54, 1.807) is 12.1 Å². The molecule has 2 aromatic rings. The molecular formula is C10H6F2. The first kappa shape index (κ1) is 7.22. The summed E-state index contributed by atoms with van der Waals surface area (Å²) in [6, 6.07) is 8.62. The largest absolute Gasteiger partial charge is 0.207 e. The number of fused-ring (bicyclic) bond motifs is 1. The summed E-state index contributed by atoms with van der Waals surface area (Å²) in [6.45, 7) is 0. The van der Waals surface area contributed by atoms with Gasteiger partial charge in [-0.1, -0.05) is 12.1 Å². The Hall–Kier alpha value is -1.44. The summed E-state index contributed by atoms with van der Waals surface area (Å²) in [4.78, 5) is 0. The maximum absolute atomic E-state index is 12.6. The average molecular weight is 164 g/mol. The van der Waals surface area contributed by atoms with E-state index in [2.05, 4.69) is 0 Å². The summed E-state index contributed by atoms with van der Waals surface area (Å²) < 4.78 is 25.3. The maximum atomic E-state index is 12.6. The van der Waals surface area contributed by atoms with E-state index in [0.717, 1.165) is 5.39 Å². The van der Waals surface area contributed by atoms with Gasteiger partial charge in [0, 0.05) is 0 Å². The van der Waals surface area contributed by atoms with Gasteiger partial charge in [-0.2, -0.15) is 0 Å². The molecule has 2 rings (SSSR count). The number of rotatable bonds is 0. The lowest BCUT2D eigenvalue weighted by Crippen LogP contribution is -1.78. The molecule has 0 nitrogen and oxygen atoms in total. The third-order valence-electron chi connectivity index (χ3n) is 1.76. The minimum Gasteiger partial charge on any atom is -0.207 e. The predicted octanol–water partition coefficient (Wildman–Crippen LogP) is 3.12. The second-order valence-electron chi connectivity index (χ2n) is 2.64. The van der Waals surface area contributed by atoms with Gasteiger partial charge in [-0.15, -0.1) is 0 Å². The Balaban J connectivity index is 2.80. The first-order valence-electron chi connectivity index (χ1n) is 3.60. The van der Waals surface area contributed by atoms with Crippen LogP contribution in [0.5, 0.6) is 0 Å². The van der Waals surface area contributed by atoms with Crippen molar-refractivity contribution in [3.05, 3.63) is 48.0 Å². The molecule has 0 saturated heterocycles. The molecule has 0 heterocycles. The van der Waals surface area contributed by atoms with Gasteiger partial charge in [0.2, 0.25) is 0 Å². The van der Waals surface area contributed by atoms with Crippen LogP contribution in [0.1, 0.15) is 0 Å².